The third-order valence-corrected chi connectivity index (χ3v) is 3.99. The minimum absolute atomic E-state index is 0.432. The van der Waals surface area contributed by atoms with Crippen molar-refractivity contribution in [3.63, 3.8) is 0 Å². The lowest BCUT2D eigenvalue weighted by atomic mass is 9.96. The van der Waals surface area contributed by atoms with Crippen molar-refractivity contribution in [3.05, 3.63) is 42.1 Å². The Morgan fingerprint density at radius 2 is 2.00 bits per heavy atom. The largest absolute Gasteiger partial charge is 0.370 e. The fraction of sp³-hybridized carbons (Fsp3) is 0.412. The summed E-state index contributed by atoms with van der Waals surface area (Å²) in [5, 5.41) is 7.34. The van der Waals surface area contributed by atoms with E-state index in [1.54, 1.807) is 0 Å². The van der Waals surface area contributed by atoms with Gasteiger partial charge in [0.25, 0.3) is 0 Å². The number of rotatable bonds is 4. The molecule has 22 heavy (non-hydrogen) atoms. The van der Waals surface area contributed by atoms with Crippen LogP contribution in [0.3, 0.4) is 0 Å². The van der Waals surface area contributed by atoms with Gasteiger partial charge in [-0.15, -0.1) is 0 Å². The highest BCUT2D eigenvalue weighted by Gasteiger charge is 2.13. The number of guanidine groups is 1. The molecule has 2 aromatic rings. The van der Waals surface area contributed by atoms with Crippen LogP contribution in [-0.2, 0) is 6.54 Å². The Morgan fingerprint density at radius 3 is 2.77 bits per heavy atom. The first-order chi connectivity index (χ1) is 10.8. The maximum atomic E-state index is 5.95. The van der Waals surface area contributed by atoms with Gasteiger partial charge < -0.3 is 15.6 Å². The van der Waals surface area contributed by atoms with E-state index in [0.717, 1.165) is 17.0 Å². The Morgan fingerprint density at radius 1 is 1.23 bits per heavy atom. The van der Waals surface area contributed by atoms with E-state index in [1.807, 2.05) is 36.4 Å². The van der Waals surface area contributed by atoms with E-state index in [9.17, 15) is 0 Å². The molecule has 3 N–H and O–H groups in total. The molecular weight excluding hydrogens is 276 g/mol. The molecule has 5 heteroatoms. The molecule has 0 bridgehead atoms. The first-order valence-electron chi connectivity index (χ1n) is 7.89. The van der Waals surface area contributed by atoms with Gasteiger partial charge in [0.1, 0.15) is 5.69 Å². The lowest BCUT2D eigenvalue weighted by Crippen LogP contribution is -2.41. The van der Waals surface area contributed by atoms with Crippen molar-refractivity contribution in [3.8, 4) is 11.3 Å². The number of nitrogens with two attached hydrogens (primary N) is 1. The van der Waals surface area contributed by atoms with Gasteiger partial charge in [0.2, 0.25) is 0 Å². The van der Waals surface area contributed by atoms with Gasteiger partial charge in [-0.2, -0.15) is 0 Å². The highest BCUT2D eigenvalue weighted by Crippen LogP contribution is 2.20. The molecule has 116 valence electrons. The molecule has 1 heterocycles. The monoisotopic (exact) mass is 298 g/mol. The van der Waals surface area contributed by atoms with Crippen LogP contribution in [0.1, 0.15) is 37.8 Å². The highest BCUT2D eigenvalue weighted by molar-refractivity contribution is 5.78. The van der Waals surface area contributed by atoms with Crippen LogP contribution in [0.25, 0.3) is 11.3 Å². The molecule has 1 aromatic heterocycles. The molecule has 0 spiro atoms. The zero-order valence-electron chi connectivity index (χ0n) is 12.7. The number of hydrogen-bond acceptors (Lipinski definition) is 3. The maximum absolute atomic E-state index is 5.95. The van der Waals surface area contributed by atoms with Crippen molar-refractivity contribution in [2.75, 3.05) is 0 Å². The summed E-state index contributed by atoms with van der Waals surface area (Å²) >= 11 is 0. The number of hydrogen-bond donors (Lipinski definition) is 2. The van der Waals surface area contributed by atoms with Gasteiger partial charge in [0, 0.05) is 17.7 Å². The number of nitrogens with one attached hydrogen (secondary N) is 1. The van der Waals surface area contributed by atoms with Crippen LogP contribution in [0, 0.1) is 0 Å². The van der Waals surface area contributed by atoms with Gasteiger partial charge in [0.05, 0.1) is 6.54 Å². The summed E-state index contributed by atoms with van der Waals surface area (Å²) in [6.07, 6.45) is 6.23. The second kappa shape index (κ2) is 7.11. The summed E-state index contributed by atoms with van der Waals surface area (Å²) in [6, 6.07) is 12.3. The Kier molecular flexibility index (Phi) is 4.73. The number of benzene rings is 1. The predicted octanol–water partition coefficient (Wildman–Crippen LogP) is 3.08. The smallest absolute Gasteiger partial charge is 0.189 e. The maximum Gasteiger partial charge on any atom is 0.189 e. The van der Waals surface area contributed by atoms with Crippen molar-refractivity contribution in [2.45, 2.75) is 44.7 Å². The third kappa shape index (κ3) is 3.87. The number of aliphatic imine (C=N–C) groups is 1. The standard InChI is InChI=1S/C17H22N4O/c18-17(20-14-9-5-2-6-10-14)19-12-15-11-16(22-21-15)13-7-3-1-4-8-13/h1,3-4,7-8,11,14H,2,5-6,9-10,12H2,(H3,18,19,20). The van der Waals surface area contributed by atoms with E-state index < -0.39 is 0 Å². The summed E-state index contributed by atoms with van der Waals surface area (Å²) < 4.78 is 5.35. The molecule has 1 aliphatic carbocycles. The van der Waals surface area contributed by atoms with Crippen LogP contribution in [-0.4, -0.2) is 17.2 Å². The molecule has 1 aliphatic rings. The molecule has 1 aromatic carbocycles. The van der Waals surface area contributed by atoms with Crippen LogP contribution in [0.15, 0.2) is 45.9 Å². The second-order valence-corrected chi connectivity index (χ2v) is 5.73. The highest BCUT2D eigenvalue weighted by atomic mass is 16.5. The molecule has 0 amide bonds. The van der Waals surface area contributed by atoms with Gasteiger partial charge in [0.15, 0.2) is 11.7 Å². The van der Waals surface area contributed by atoms with E-state index in [2.05, 4.69) is 15.5 Å². The fourth-order valence-electron chi connectivity index (χ4n) is 2.79. The van der Waals surface area contributed by atoms with E-state index in [0.29, 0.717) is 18.5 Å². The number of nitrogens with zero attached hydrogens (tertiary/aromatic N) is 2. The molecule has 0 saturated heterocycles. The van der Waals surface area contributed by atoms with Crippen molar-refractivity contribution in [1.29, 1.82) is 0 Å². The van der Waals surface area contributed by atoms with Gasteiger partial charge in [-0.25, -0.2) is 4.99 Å². The average Bonchev–Trinajstić information content (AvgIpc) is 3.04. The lowest BCUT2D eigenvalue weighted by molar-refractivity contribution is 0.411. The van der Waals surface area contributed by atoms with Gasteiger partial charge in [-0.05, 0) is 12.8 Å². The summed E-state index contributed by atoms with van der Waals surface area (Å²) in [4.78, 5) is 4.36. The Bertz CT molecular complexity index is 615. The van der Waals surface area contributed by atoms with Crippen molar-refractivity contribution in [2.24, 2.45) is 10.7 Å². The Hall–Kier alpha value is -2.30. The second-order valence-electron chi connectivity index (χ2n) is 5.73. The van der Waals surface area contributed by atoms with E-state index in [-0.39, 0.29) is 0 Å². The SMILES string of the molecule is NC(=NCc1cc(-c2ccccc2)on1)NC1CCCCC1. The average molecular weight is 298 g/mol. The summed E-state index contributed by atoms with van der Waals surface area (Å²) in [7, 11) is 0. The molecule has 0 atom stereocenters. The fourth-order valence-corrected chi connectivity index (χ4v) is 2.79. The van der Waals surface area contributed by atoms with Crippen LogP contribution in [0.4, 0.5) is 0 Å². The quantitative estimate of drug-likeness (QED) is 0.672. The van der Waals surface area contributed by atoms with Crippen LogP contribution >= 0.6 is 0 Å². The van der Waals surface area contributed by atoms with E-state index in [1.165, 1.54) is 32.1 Å². The van der Waals surface area contributed by atoms with Crippen molar-refractivity contribution < 1.29 is 4.52 Å². The first-order valence-corrected chi connectivity index (χ1v) is 7.89. The normalized spacial score (nSPS) is 16.6. The topological polar surface area (TPSA) is 76.4 Å². The molecule has 0 radical (unpaired) electrons. The van der Waals surface area contributed by atoms with Gasteiger partial charge in [-0.1, -0.05) is 54.8 Å². The van der Waals surface area contributed by atoms with Gasteiger partial charge >= 0.3 is 0 Å². The molecule has 1 fully saturated rings. The molecule has 0 aliphatic heterocycles. The zero-order valence-corrected chi connectivity index (χ0v) is 12.7. The zero-order chi connectivity index (χ0) is 15.2. The van der Waals surface area contributed by atoms with Crippen molar-refractivity contribution >= 4 is 5.96 Å². The van der Waals surface area contributed by atoms with Crippen molar-refractivity contribution in [1.82, 2.24) is 10.5 Å². The summed E-state index contributed by atoms with van der Waals surface area (Å²) in [6.45, 7) is 0.432. The van der Waals surface area contributed by atoms with Gasteiger partial charge in [-0.3, -0.25) is 0 Å². The molecule has 0 unspecified atom stereocenters. The lowest BCUT2D eigenvalue weighted by Gasteiger charge is -2.23. The molecule has 5 nitrogen and oxygen atoms in total. The van der Waals surface area contributed by atoms with Crippen LogP contribution in [0.2, 0.25) is 0 Å². The number of aromatic nitrogens is 1. The molecular formula is C17H22N4O. The summed E-state index contributed by atoms with van der Waals surface area (Å²) in [5.41, 5.74) is 7.75. The molecule has 3 rings (SSSR count). The minimum atomic E-state index is 0.432. The third-order valence-electron chi connectivity index (χ3n) is 3.99. The van der Waals surface area contributed by atoms with E-state index >= 15 is 0 Å². The predicted molar refractivity (Wildman–Crippen MR) is 87.3 cm³/mol. The summed E-state index contributed by atoms with van der Waals surface area (Å²) in [5.74, 6) is 1.25. The van der Waals surface area contributed by atoms with E-state index in [4.69, 9.17) is 10.3 Å². The first kappa shape index (κ1) is 14.6. The molecule has 1 saturated carbocycles. The minimum Gasteiger partial charge on any atom is -0.370 e. The van der Waals surface area contributed by atoms with Crippen LogP contribution < -0.4 is 11.1 Å². The Balaban J connectivity index is 1.57. The van der Waals surface area contributed by atoms with Crippen LogP contribution in [0.5, 0.6) is 0 Å². The Labute approximate surface area is 130 Å².